The van der Waals surface area contributed by atoms with Gasteiger partial charge in [-0.1, -0.05) is 12.1 Å². The fourth-order valence-electron chi connectivity index (χ4n) is 4.45. The molecule has 0 radical (unpaired) electrons. The number of likely N-dealkylation sites (N-methyl/N-ethyl adjacent to an activating group) is 1. The Morgan fingerprint density at radius 3 is 2.36 bits per heavy atom. The molecule has 11 heteroatoms. The zero-order chi connectivity index (χ0) is 25.6. The van der Waals surface area contributed by atoms with Crippen LogP contribution in [0.3, 0.4) is 0 Å². The molecule has 1 aliphatic heterocycles. The lowest BCUT2D eigenvalue weighted by Gasteiger charge is -2.34. The van der Waals surface area contributed by atoms with Gasteiger partial charge in [0.1, 0.15) is 5.56 Å². The molecule has 1 aliphatic rings. The third-order valence-electron chi connectivity index (χ3n) is 6.73. The average Bonchev–Trinajstić information content (AvgIpc) is 3.20. The van der Waals surface area contributed by atoms with E-state index in [2.05, 4.69) is 36.8 Å². The van der Waals surface area contributed by atoms with E-state index >= 15 is 0 Å². The van der Waals surface area contributed by atoms with Crippen LogP contribution in [0.2, 0.25) is 0 Å². The Kier molecular flexibility index (Phi) is 5.84. The number of hydrogen-bond donors (Lipinski definition) is 4. The van der Waals surface area contributed by atoms with Gasteiger partial charge in [0.25, 0.3) is 5.56 Å². The number of imidazole rings is 1. The van der Waals surface area contributed by atoms with Crippen molar-refractivity contribution < 1.29 is 5.11 Å². The Bertz CT molecular complexity index is 1670. The number of aryl methyl sites for hydroxylation is 1. The largest absolute Gasteiger partial charge is 0.493 e. The van der Waals surface area contributed by atoms with E-state index in [9.17, 15) is 19.5 Å². The molecule has 3 heterocycles. The van der Waals surface area contributed by atoms with E-state index in [1.165, 1.54) is 6.21 Å². The van der Waals surface area contributed by atoms with Crippen molar-refractivity contribution in [3.63, 3.8) is 0 Å². The second-order valence-corrected chi connectivity index (χ2v) is 9.07. The van der Waals surface area contributed by atoms with Crippen molar-refractivity contribution in [3.05, 3.63) is 78.3 Å². The highest BCUT2D eigenvalue weighted by Gasteiger charge is 2.20. The Morgan fingerprint density at radius 2 is 1.64 bits per heavy atom. The number of hydrogen-bond acceptors (Lipinski definition) is 7. The van der Waals surface area contributed by atoms with Gasteiger partial charge in [0.05, 0.1) is 28.1 Å². The number of nitrogens with zero attached hydrogens (tertiary/aromatic N) is 4. The molecule has 36 heavy (non-hydrogen) atoms. The lowest BCUT2D eigenvalue weighted by Crippen LogP contribution is -2.44. The maximum absolute atomic E-state index is 12.7. The molecule has 0 saturated carbocycles. The van der Waals surface area contributed by atoms with Gasteiger partial charge in [-0.05, 0) is 50.2 Å². The molecule has 0 spiro atoms. The second-order valence-electron chi connectivity index (χ2n) is 9.07. The lowest BCUT2D eigenvalue weighted by atomic mass is 10.1. The molecule has 11 nitrogen and oxygen atoms in total. The highest BCUT2D eigenvalue weighted by molar-refractivity contribution is 5.91. The monoisotopic (exact) mass is 489 g/mol. The SMILES string of the molecule is Cc1cccc(-n2c(O)c(C=Nc3cc4[nH]c(=O)[nH]c4cc3N3CCN(C)CC3)c(=O)[nH]c2=O)c1C. The maximum atomic E-state index is 12.7. The first-order valence-electron chi connectivity index (χ1n) is 11.6. The van der Waals surface area contributed by atoms with E-state index < -0.39 is 17.1 Å². The summed E-state index contributed by atoms with van der Waals surface area (Å²) < 4.78 is 1.07. The topological polar surface area (TPSA) is 143 Å². The number of piperazine rings is 1. The van der Waals surface area contributed by atoms with Crippen molar-refractivity contribution >= 4 is 28.6 Å². The third-order valence-corrected chi connectivity index (χ3v) is 6.73. The fourth-order valence-corrected chi connectivity index (χ4v) is 4.45. The number of nitrogens with one attached hydrogen (secondary N) is 3. The molecule has 4 N–H and O–H groups in total. The molecule has 2 aromatic carbocycles. The second kappa shape index (κ2) is 9.00. The molecule has 1 saturated heterocycles. The minimum atomic E-state index is -0.750. The van der Waals surface area contributed by atoms with E-state index in [0.29, 0.717) is 22.4 Å². The van der Waals surface area contributed by atoms with Crippen molar-refractivity contribution in [2.75, 3.05) is 38.1 Å². The smallest absolute Gasteiger partial charge is 0.335 e. The summed E-state index contributed by atoms with van der Waals surface area (Å²) >= 11 is 0. The summed E-state index contributed by atoms with van der Waals surface area (Å²) in [4.78, 5) is 53.9. The van der Waals surface area contributed by atoms with E-state index in [-0.39, 0.29) is 11.3 Å². The first kappa shape index (κ1) is 23.4. The van der Waals surface area contributed by atoms with Crippen LogP contribution in [-0.4, -0.2) is 69.0 Å². The number of fused-ring (bicyclic) bond motifs is 1. The van der Waals surface area contributed by atoms with Crippen molar-refractivity contribution in [2.45, 2.75) is 13.8 Å². The Morgan fingerprint density at radius 1 is 0.944 bits per heavy atom. The normalized spacial score (nSPS) is 14.8. The predicted octanol–water partition coefficient (Wildman–Crippen LogP) is 1.52. The van der Waals surface area contributed by atoms with Gasteiger partial charge in [0, 0.05) is 32.4 Å². The van der Waals surface area contributed by atoms with Crippen LogP contribution in [0.5, 0.6) is 5.88 Å². The lowest BCUT2D eigenvalue weighted by molar-refractivity contribution is 0.313. The molecule has 0 amide bonds. The van der Waals surface area contributed by atoms with Crippen molar-refractivity contribution in [1.29, 1.82) is 0 Å². The number of benzene rings is 2. The van der Waals surface area contributed by atoms with Gasteiger partial charge in [-0.25, -0.2) is 14.2 Å². The van der Waals surface area contributed by atoms with Crippen molar-refractivity contribution in [2.24, 2.45) is 4.99 Å². The van der Waals surface area contributed by atoms with Gasteiger partial charge in [-0.3, -0.25) is 14.8 Å². The first-order valence-corrected chi connectivity index (χ1v) is 11.6. The molecule has 1 fully saturated rings. The van der Waals surface area contributed by atoms with E-state index in [1.54, 1.807) is 18.2 Å². The number of aromatic amines is 3. The molecule has 186 valence electrons. The van der Waals surface area contributed by atoms with Crippen molar-refractivity contribution in [1.82, 2.24) is 24.4 Å². The van der Waals surface area contributed by atoms with Crippen LogP contribution in [0, 0.1) is 13.8 Å². The molecule has 2 aromatic heterocycles. The van der Waals surface area contributed by atoms with Crippen LogP contribution in [-0.2, 0) is 0 Å². The van der Waals surface area contributed by atoms with Gasteiger partial charge in [-0.2, -0.15) is 0 Å². The van der Waals surface area contributed by atoms with Gasteiger partial charge in [0.15, 0.2) is 0 Å². The van der Waals surface area contributed by atoms with Crippen LogP contribution in [0.25, 0.3) is 16.7 Å². The zero-order valence-electron chi connectivity index (χ0n) is 20.3. The van der Waals surface area contributed by atoms with Gasteiger partial charge >= 0.3 is 11.4 Å². The summed E-state index contributed by atoms with van der Waals surface area (Å²) in [5, 5.41) is 11.0. The number of rotatable bonds is 4. The molecule has 5 rings (SSSR count). The van der Waals surface area contributed by atoms with E-state index in [4.69, 9.17) is 0 Å². The molecule has 0 aliphatic carbocycles. The van der Waals surface area contributed by atoms with Crippen LogP contribution in [0.1, 0.15) is 16.7 Å². The highest BCUT2D eigenvalue weighted by atomic mass is 16.3. The van der Waals surface area contributed by atoms with E-state index in [0.717, 1.165) is 47.6 Å². The number of H-pyrrole nitrogens is 3. The first-order chi connectivity index (χ1) is 17.2. The fraction of sp³-hybridized carbons (Fsp3) is 0.280. The number of aromatic hydroxyl groups is 1. The molecular formula is C25H27N7O4. The quantitative estimate of drug-likeness (QED) is 0.320. The van der Waals surface area contributed by atoms with Gasteiger partial charge < -0.3 is 24.9 Å². The average molecular weight is 490 g/mol. The summed E-state index contributed by atoms with van der Waals surface area (Å²) in [5.74, 6) is -0.501. The summed E-state index contributed by atoms with van der Waals surface area (Å²) in [6.07, 6.45) is 1.25. The summed E-state index contributed by atoms with van der Waals surface area (Å²) in [7, 11) is 2.06. The highest BCUT2D eigenvalue weighted by Crippen LogP contribution is 2.33. The molecule has 4 aromatic rings. The van der Waals surface area contributed by atoms with Gasteiger partial charge in [-0.15, -0.1) is 0 Å². The van der Waals surface area contributed by atoms with E-state index in [1.807, 2.05) is 26.0 Å². The third kappa shape index (κ3) is 4.13. The Labute approximate surface area is 205 Å². The molecule has 0 unspecified atom stereocenters. The number of aliphatic imine (C=N–C) groups is 1. The summed E-state index contributed by atoms with van der Waals surface area (Å²) in [5.41, 5.74) is 2.76. The molecule has 0 bridgehead atoms. The minimum Gasteiger partial charge on any atom is -0.493 e. The Balaban J connectivity index is 1.64. The molecular weight excluding hydrogens is 462 g/mol. The number of aromatic nitrogens is 4. The van der Waals surface area contributed by atoms with Crippen LogP contribution in [0.15, 0.2) is 49.7 Å². The standard InChI is InChI=1S/C25H27N7O4/c1-14-5-4-6-20(15(14)2)32-23(34)16(22(33)29-25(32)36)13-26-19-11-17-18(28-24(35)27-17)12-21(19)31-9-7-30(3)8-10-31/h4-6,11-13,34H,7-10H2,1-3H3,(H2,27,28,35)(H,29,33,36). The predicted molar refractivity (Wildman–Crippen MR) is 140 cm³/mol. The van der Waals surface area contributed by atoms with Crippen LogP contribution >= 0.6 is 0 Å². The zero-order valence-corrected chi connectivity index (χ0v) is 20.3. The van der Waals surface area contributed by atoms with Crippen molar-refractivity contribution in [3.8, 4) is 11.6 Å². The summed E-state index contributed by atoms with van der Waals surface area (Å²) in [6.45, 7) is 7.00. The van der Waals surface area contributed by atoms with Crippen LogP contribution < -0.4 is 21.8 Å². The van der Waals surface area contributed by atoms with Crippen LogP contribution in [0.4, 0.5) is 11.4 Å². The Hall–Kier alpha value is -4.38. The maximum Gasteiger partial charge on any atom is 0.335 e. The number of anilines is 1. The van der Waals surface area contributed by atoms with Gasteiger partial charge in [0.2, 0.25) is 5.88 Å². The minimum absolute atomic E-state index is 0.150. The summed E-state index contributed by atoms with van der Waals surface area (Å²) in [6, 6.07) is 8.95. The molecule has 0 atom stereocenters.